The second-order valence-corrected chi connectivity index (χ2v) is 9.71. The highest BCUT2D eigenvalue weighted by atomic mass is 32.1. The first-order chi connectivity index (χ1) is 17.0. The van der Waals surface area contributed by atoms with Crippen LogP contribution in [0.1, 0.15) is 28.9 Å². The lowest BCUT2D eigenvalue weighted by Crippen LogP contribution is -2.36. The van der Waals surface area contributed by atoms with Crippen molar-refractivity contribution in [1.29, 1.82) is 0 Å². The zero-order chi connectivity index (χ0) is 23.9. The standard InChI is InChI=1S/C25H21FN6O2S/c26-16-2-1-14-8-18(35-22(14)9-16)12-28-20-13-29-23-4-3-21(32(23)25(20)34)24(33)30-11-17-7-15-10-27-6-5-19(15)31-17/h1-2,5-10,13,21,28,31H,3-4,11-12H2,(H,30,33)/t21-/m0/s1. The largest absolute Gasteiger partial charge is 0.374 e. The van der Waals surface area contributed by atoms with Crippen LogP contribution >= 0.6 is 11.3 Å². The summed E-state index contributed by atoms with van der Waals surface area (Å²) in [6.07, 6.45) is 6.09. The minimum absolute atomic E-state index is 0.215. The number of benzene rings is 1. The summed E-state index contributed by atoms with van der Waals surface area (Å²) in [7, 11) is 0. The van der Waals surface area contributed by atoms with Crippen LogP contribution in [0.3, 0.4) is 0 Å². The smallest absolute Gasteiger partial charge is 0.277 e. The van der Waals surface area contributed by atoms with Gasteiger partial charge < -0.3 is 15.6 Å². The molecule has 0 spiro atoms. The fraction of sp³-hybridized carbons (Fsp3) is 0.200. The quantitative estimate of drug-likeness (QED) is 0.336. The van der Waals surface area contributed by atoms with Crippen molar-refractivity contribution in [1.82, 2.24) is 24.8 Å². The molecule has 0 unspecified atom stereocenters. The molecule has 176 valence electrons. The van der Waals surface area contributed by atoms with Crippen molar-refractivity contribution in [2.45, 2.75) is 32.0 Å². The van der Waals surface area contributed by atoms with Gasteiger partial charge in [-0.3, -0.25) is 19.1 Å². The summed E-state index contributed by atoms with van der Waals surface area (Å²) in [5, 5.41) is 8.02. The van der Waals surface area contributed by atoms with Crippen LogP contribution in [0.5, 0.6) is 0 Å². The van der Waals surface area contributed by atoms with E-state index in [1.54, 1.807) is 18.5 Å². The monoisotopic (exact) mass is 488 g/mol. The Labute approximate surface area is 202 Å². The van der Waals surface area contributed by atoms with Gasteiger partial charge in [-0.1, -0.05) is 6.07 Å². The number of halogens is 1. The number of amides is 1. The molecular formula is C25H21FN6O2S. The number of aromatic amines is 1. The van der Waals surface area contributed by atoms with Crippen LogP contribution in [0.4, 0.5) is 10.1 Å². The van der Waals surface area contributed by atoms with E-state index in [9.17, 15) is 14.0 Å². The predicted molar refractivity (Wildman–Crippen MR) is 133 cm³/mol. The number of rotatable bonds is 6. The Morgan fingerprint density at radius 2 is 2.09 bits per heavy atom. The normalized spacial score (nSPS) is 14.9. The number of fused-ring (bicyclic) bond motifs is 3. The average molecular weight is 489 g/mol. The zero-order valence-corrected chi connectivity index (χ0v) is 19.4. The summed E-state index contributed by atoms with van der Waals surface area (Å²) in [6.45, 7) is 0.731. The number of H-pyrrole nitrogens is 1. The van der Waals surface area contributed by atoms with Gasteiger partial charge in [0.1, 0.15) is 23.4 Å². The second kappa shape index (κ2) is 8.62. The van der Waals surface area contributed by atoms with Gasteiger partial charge >= 0.3 is 0 Å². The number of aromatic nitrogens is 4. The van der Waals surface area contributed by atoms with Gasteiger partial charge in [-0.15, -0.1) is 11.3 Å². The molecule has 1 atom stereocenters. The highest BCUT2D eigenvalue weighted by molar-refractivity contribution is 7.19. The number of hydrogen-bond acceptors (Lipinski definition) is 6. The number of pyridine rings is 1. The van der Waals surface area contributed by atoms with Gasteiger partial charge in [0.25, 0.3) is 5.56 Å². The van der Waals surface area contributed by atoms with Crippen LogP contribution in [0.25, 0.3) is 21.0 Å². The van der Waals surface area contributed by atoms with E-state index in [1.165, 1.54) is 34.2 Å². The summed E-state index contributed by atoms with van der Waals surface area (Å²) < 4.78 is 15.8. The molecule has 4 aromatic heterocycles. The first-order valence-corrected chi connectivity index (χ1v) is 12.1. The molecule has 1 aromatic carbocycles. The molecule has 0 saturated heterocycles. The van der Waals surface area contributed by atoms with Crippen LogP contribution in [0, 0.1) is 5.82 Å². The van der Waals surface area contributed by atoms with Crippen molar-refractivity contribution < 1.29 is 9.18 Å². The van der Waals surface area contributed by atoms with Crippen molar-refractivity contribution >= 4 is 43.9 Å². The lowest BCUT2D eigenvalue weighted by molar-refractivity contribution is -0.124. The van der Waals surface area contributed by atoms with Gasteiger partial charge in [0.05, 0.1) is 12.7 Å². The lowest BCUT2D eigenvalue weighted by Gasteiger charge is -2.15. The van der Waals surface area contributed by atoms with Crippen molar-refractivity contribution in [3.05, 3.63) is 87.6 Å². The number of nitrogens with zero attached hydrogens (tertiary/aromatic N) is 3. The number of nitrogens with one attached hydrogen (secondary N) is 3. The molecule has 8 nitrogen and oxygen atoms in total. The fourth-order valence-electron chi connectivity index (χ4n) is 4.53. The number of carbonyl (C=O) groups excluding carboxylic acids is 1. The second-order valence-electron chi connectivity index (χ2n) is 8.54. The Balaban J connectivity index is 1.17. The highest BCUT2D eigenvalue weighted by Gasteiger charge is 2.31. The van der Waals surface area contributed by atoms with Crippen LogP contribution in [0.15, 0.2) is 59.8 Å². The zero-order valence-electron chi connectivity index (χ0n) is 18.5. The average Bonchev–Trinajstić information content (AvgIpc) is 3.58. The van der Waals surface area contributed by atoms with E-state index in [2.05, 4.69) is 25.6 Å². The molecular weight excluding hydrogens is 467 g/mol. The maximum Gasteiger partial charge on any atom is 0.277 e. The maximum atomic E-state index is 13.5. The molecule has 1 aliphatic rings. The Kier molecular flexibility index (Phi) is 5.29. The molecule has 35 heavy (non-hydrogen) atoms. The van der Waals surface area contributed by atoms with E-state index in [4.69, 9.17) is 0 Å². The van der Waals surface area contributed by atoms with Gasteiger partial charge in [-0.25, -0.2) is 9.37 Å². The van der Waals surface area contributed by atoms with E-state index in [0.717, 1.165) is 31.6 Å². The highest BCUT2D eigenvalue weighted by Crippen LogP contribution is 2.27. The first-order valence-electron chi connectivity index (χ1n) is 11.3. The number of thiophene rings is 1. The molecule has 3 N–H and O–H groups in total. The summed E-state index contributed by atoms with van der Waals surface area (Å²) >= 11 is 1.47. The minimum atomic E-state index is -0.606. The Bertz CT molecular complexity index is 1610. The fourth-order valence-corrected chi connectivity index (χ4v) is 5.56. The summed E-state index contributed by atoms with van der Waals surface area (Å²) in [5.41, 5.74) is 1.88. The molecule has 1 amide bonds. The summed E-state index contributed by atoms with van der Waals surface area (Å²) in [5.74, 6) is 0.119. The van der Waals surface area contributed by atoms with E-state index in [-0.39, 0.29) is 17.3 Å². The van der Waals surface area contributed by atoms with E-state index >= 15 is 0 Å². The molecule has 6 rings (SSSR count). The summed E-state index contributed by atoms with van der Waals surface area (Å²) in [4.78, 5) is 39.0. The third kappa shape index (κ3) is 4.06. The molecule has 0 radical (unpaired) electrons. The van der Waals surface area contributed by atoms with Gasteiger partial charge in [0.2, 0.25) is 5.91 Å². The SMILES string of the molecule is O=C(NCc1cc2cnccc2[nH]1)[C@@H]1CCc2ncc(NCc3cc4ccc(F)cc4s3)c(=O)n21. The van der Waals surface area contributed by atoms with Gasteiger partial charge in [0.15, 0.2) is 0 Å². The third-order valence-corrected chi connectivity index (χ3v) is 7.34. The van der Waals surface area contributed by atoms with Crippen molar-refractivity contribution in [3.8, 4) is 0 Å². The van der Waals surface area contributed by atoms with Gasteiger partial charge in [0, 0.05) is 51.5 Å². The van der Waals surface area contributed by atoms with Crippen LogP contribution in [-0.2, 0) is 24.3 Å². The third-order valence-electron chi connectivity index (χ3n) is 6.24. The Morgan fingerprint density at radius 1 is 1.17 bits per heavy atom. The molecule has 0 fully saturated rings. The van der Waals surface area contributed by atoms with Gasteiger partial charge in [-0.05, 0) is 42.1 Å². The number of aryl methyl sites for hydroxylation is 1. The first kappa shape index (κ1) is 21.5. The number of carbonyl (C=O) groups is 1. The molecule has 0 saturated carbocycles. The van der Waals surface area contributed by atoms with Crippen LogP contribution < -0.4 is 16.2 Å². The topological polar surface area (TPSA) is 105 Å². The Hall–Kier alpha value is -4.05. The van der Waals surface area contributed by atoms with E-state index in [1.807, 2.05) is 18.2 Å². The van der Waals surface area contributed by atoms with Crippen molar-refractivity contribution in [2.24, 2.45) is 0 Å². The molecule has 1 aliphatic heterocycles. The maximum absolute atomic E-state index is 13.5. The predicted octanol–water partition coefficient (Wildman–Crippen LogP) is 3.89. The number of hydrogen-bond donors (Lipinski definition) is 3. The summed E-state index contributed by atoms with van der Waals surface area (Å²) in [6, 6.07) is 9.88. The molecule has 0 aliphatic carbocycles. The minimum Gasteiger partial charge on any atom is -0.374 e. The van der Waals surface area contributed by atoms with E-state index < -0.39 is 6.04 Å². The van der Waals surface area contributed by atoms with Gasteiger partial charge in [-0.2, -0.15) is 0 Å². The van der Waals surface area contributed by atoms with E-state index in [0.29, 0.717) is 37.4 Å². The molecule has 5 heterocycles. The van der Waals surface area contributed by atoms with Crippen LogP contribution in [-0.4, -0.2) is 25.4 Å². The molecule has 10 heteroatoms. The molecule has 0 bridgehead atoms. The van der Waals surface area contributed by atoms with Crippen molar-refractivity contribution in [2.75, 3.05) is 5.32 Å². The lowest BCUT2D eigenvalue weighted by atomic mass is 10.2. The van der Waals surface area contributed by atoms with Crippen molar-refractivity contribution in [3.63, 3.8) is 0 Å². The number of anilines is 1. The Morgan fingerprint density at radius 3 is 2.97 bits per heavy atom. The molecule has 5 aromatic rings. The van der Waals surface area contributed by atoms with Crippen LogP contribution in [0.2, 0.25) is 0 Å².